The molecule has 0 amide bonds. The van der Waals surface area contributed by atoms with Crippen LogP contribution in [0.15, 0.2) is 28.7 Å². The molecule has 0 bridgehead atoms. The Morgan fingerprint density at radius 1 is 1.50 bits per heavy atom. The van der Waals surface area contributed by atoms with Crippen LogP contribution in [0.2, 0.25) is 0 Å². The van der Waals surface area contributed by atoms with Gasteiger partial charge in [-0.1, -0.05) is 46.3 Å². The van der Waals surface area contributed by atoms with Crippen LogP contribution in [0.25, 0.3) is 0 Å². The Balaban J connectivity index is 2.93. The molecule has 0 radical (unpaired) electrons. The Kier molecular flexibility index (Phi) is 5.27. The normalized spacial score (nSPS) is 13.6. The molecule has 0 saturated heterocycles. The van der Waals surface area contributed by atoms with E-state index in [1.165, 1.54) is 18.3 Å². The van der Waals surface area contributed by atoms with Crippen LogP contribution >= 0.6 is 28.1 Å². The topological polar surface area (TPSA) is 63.4 Å². The number of halogens is 1. The first kappa shape index (κ1) is 15.6. The van der Waals surface area contributed by atoms with Crippen molar-refractivity contribution in [2.24, 2.45) is 5.73 Å². The van der Waals surface area contributed by atoms with Crippen molar-refractivity contribution in [1.29, 1.82) is 0 Å². The molecule has 18 heavy (non-hydrogen) atoms. The summed E-state index contributed by atoms with van der Waals surface area (Å²) in [6.45, 7) is 1.77. The predicted molar refractivity (Wildman–Crippen MR) is 80.8 cm³/mol. The molecular formula is C11H15BrN2O2S2. The lowest BCUT2D eigenvalue weighted by atomic mass is 10.2. The van der Waals surface area contributed by atoms with Crippen LogP contribution in [0.1, 0.15) is 12.5 Å². The molecular weight excluding hydrogens is 336 g/mol. The minimum absolute atomic E-state index is 0.0195. The quantitative estimate of drug-likeness (QED) is 0.823. The molecule has 1 aromatic rings. The van der Waals surface area contributed by atoms with E-state index in [0.717, 1.165) is 10.0 Å². The molecule has 1 aromatic carbocycles. The maximum Gasteiger partial charge on any atom is 0.223 e. The van der Waals surface area contributed by atoms with Gasteiger partial charge in [-0.3, -0.25) is 0 Å². The minimum Gasteiger partial charge on any atom is -0.392 e. The van der Waals surface area contributed by atoms with Gasteiger partial charge in [0.1, 0.15) is 5.25 Å². The number of nitrogens with zero attached hydrogens (tertiary/aromatic N) is 1. The average Bonchev–Trinajstić information content (AvgIpc) is 2.30. The first-order valence-electron chi connectivity index (χ1n) is 5.24. The third-order valence-corrected chi connectivity index (χ3v) is 6.05. The Labute approximate surface area is 121 Å². The zero-order chi connectivity index (χ0) is 13.9. The van der Waals surface area contributed by atoms with Crippen molar-refractivity contribution < 1.29 is 8.42 Å². The van der Waals surface area contributed by atoms with Crippen molar-refractivity contribution in [2.45, 2.75) is 18.7 Å². The summed E-state index contributed by atoms with van der Waals surface area (Å²) in [5, 5.41) is -0.861. The summed E-state index contributed by atoms with van der Waals surface area (Å²) in [7, 11) is -1.99. The lowest BCUT2D eigenvalue weighted by Gasteiger charge is -2.21. The van der Waals surface area contributed by atoms with Gasteiger partial charge in [0.15, 0.2) is 0 Å². The van der Waals surface area contributed by atoms with Gasteiger partial charge in [0, 0.05) is 18.1 Å². The van der Waals surface area contributed by atoms with Crippen LogP contribution in [0, 0.1) is 0 Å². The smallest absolute Gasteiger partial charge is 0.223 e. The van der Waals surface area contributed by atoms with Gasteiger partial charge in [-0.05, 0) is 18.6 Å². The monoisotopic (exact) mass is 350 g/mol. The second-order valence-electron chi connectivity index (χ2n) is 3.94. The van der Waals surface area contributed by atoms with Crippen LogP contribution in [0.3, 0.4) is 0 Å². The van der Waals surface area contributed by atoms with E-state index in [2.05, 4.69) is 15.9 Å². The first-order chi connectivity index (χ1) is 8.26. The van der Waals surface area contributed by atoms with Crippen molar-refractivity contribution in [3.05, 3.63) is 34.3 Å². The highest BCUT2D eigenvalue weighted by Gasteiger charge is 2.28. The molecule has 0 spiro atoms. The summed E-state index contributed by atoms with van der Waals surface area (Å²) >= 11 is 8.12. The standard InChI is InChI=1S/C11H15BrN2O2S2/c1-8(11(13)17)18(15,16)14(2)7-9-5-3-4-6-10(9)12/h3-6,8H,7H2,1-2H3,(H2,13,17). The summed E-state index contributed by atoms with van der Waals surface area (Å²) < 4.78 is 26.4. The Morgan fingerprint density at radius 3 is 2.56 bits per heavy atom. The molecule has 7 heteroatoms. The zero-order valence-electron chi connectivity index (χ0n) is 10.1. The summed E-state index contributed by atoms with van der Waals surface area (Å²) in [6.07, 6.45) is 0. The predicted octanol–water partition coefficient (Wildman–Crippen LogP) is 1.89. The largest absolute Gasteiger partial charge is 0.392 e. The summed E-state index contributed by atoms with van der Waals surface area (Å²) in [5.41, 5.74) is 6.29. The van der Waals surface area contributed by atoms with Crippen LogP contribution < -0.4 is 5.73 Å². The van der Waals surface area contributed by atoms with E-state index in [9.17, 15) is 8.42 Å². The van der Waals surface area contributed by atoms with Crippen LogP contribution in [-0.4, -0.2) is 30.0 Å². The number of thiocarbonyl (C=S) groups is 1. The molecule has 0 aliphatic heterocycles. The van der Waals surface area contributed by atoms with Gasteiger partial charge in [0.25, 0.3) is 0 Å². The van der Waals surface area contributed by atoms with Gasteiger partial charge in [0.2, 0.25) is 10.0 Å². The van der Waals surface area contributed by atoms with Crippen molar-refractivity contribution in [2.75, 3.05) is 7.05 Å². The summed E-state index contributed by atoms with van der Waals surface area (Å²) in [5.74, 6) is 0. The van der Waals surface area contributed by atoms with Crippen molar-refractivity contribution in [3.63, 3.8) is 0 Å². The van der Waals surface area contributed by atoms with Crippen molar-refractivity contribution in [3.8, 4) is 0 Å². The van der Waals surface area contributed by atoms with E-state index in [4.69, 9.17) is 18.0 Å². The SMILES string of the molecule is CC(C(N)=S)S(=O)(=O)N(C)Cc1ccccc1Br. The molecule has 1 unspecified atom stereocenters. The van der Waals surface area contributed by atoms with Gasteiger partial charge in [-0.15, -0.1) is 0 Å². The van der Waals surface area contributed by atoms with Gasteiger partial charge >= 0.3 is 0 Å². The molecule has 4 nitrogen and oxygen atoms in total. The highest BCUT2D eigenvalue weighted by molar-refractivity contribution is 9.10. The third-order valence-electron chi connectivity index (χ3n) is 2.63. The minimum atomic E-state index is -3.51. The molecule has 2 N–H and O–H groups in total. The molecule has 0 saturated carbocycles. The Morgan fingerprint density at radius 2 is 2.06 bits per heavy atom. The number of benzene rings is 1. The second kappa shape index (κ2) is 6.10. The zero-order valence-corrected chi connectivity index (χ0v) is 13.3. The number of hydrogen-bond acceptors (Lipinski definition) is 3. The van der Waals surface area contributed by atoms with Gasteiger partial charge in [-0.2, -0.15) is 4.31 Å². The molecule has 0 heterocycles. The van der Waals surface area contributed by atoms with Gasteiger partial charge in [-0.25, -0.2) is 8.42 Å². The summed E-state index contributed by atoms with van der Waals surface area (Å²) in [6, 6.07) is 7.46. The van der Waals surface area contributed by atoms with Crippen molar-refractivity contribution in [1.82, 2.24) is 4.31 Å². The summed E-state index contributed by atoms with van der Waals surface area (Å²) in [4.78, 5) is -0.0195. The second-order valence-corrected chi connectivity index (χ2v) is 7.62. The third kappa shape index (κ3) is 3.50. The van der Waals surface area contributed by atoms with E-state index in [1.807, 2.05) is 24.3 Å². The molecule has 0 aliphatic rings. The molecule has 0 aliphatic carbocycles. The number of nitrogens with two attached hydrogens (primary N) is 1. The lowest BCUT2D eigenvalue weighted by Crippen LogP contribution is -2.40. The van der Waals surface area contributed by atoms with E-state index >= 15 is 0 Å². The van der Waals surface area contributed by atoms with E-state index in [1.54, 1.807) is 0 Å². The van der Waals surface area contributed by atoms with Crippen molar-refractivity contribution >= 4 is 43.2 Å². The van der Waals surface area contributed by atoms with Crippen LogP contribution in [-0.2, 0) is 16.6 Å². The molecule has 1 rings (SSSR count). The van der Waals surface area contributed by atoms with Crippen LogP contribution in [0.4, 0.5) is 0 Å². The Bertz CT molecular complexity index is 546. The fourth-order valence-corrected chi connectivity index (χ4v) is 3.30. The number of hydrogen-bond donors (Lipinski definition) is 1. The molecule has 0 aromatic heterocycles. The highest BCUT2D eigenvalue weighted by atomic mass is 79.9. The van der Waals surface area contributed by atoms with Gasteiger partial charge in [0.05, 0.1) is 4.99 Å². The van der Waals surface area contributed by atoms with E-state index in [-0.39, 0.29) is 11.5 Å². The van der Waals surface area contributed by atoms with Gasteiger partial charge < -0.3 is 5.73 Å². The lowest BCUT2D eigenvalue weighted by molar-refractivity contribution is 0.463. The Hall–Kier alpha value is -0.500. The van der Waals surface area contributed by atoms with E-state index in [0.29, 0.717) is 0 Å². The molecule has 1 atom stereocenters. The fraction of sp³-hybridized carbons (Fsp3) is 0.364. The van der Waals surface area contributed by atoms with Crippen LogP contribution in [0.5, 0.6) is 0 Å². The average molecular weight is 351 g/mol. The number of sulfonamides is 1. The molecule has 0 fully saturated rings. The molecule has 100 valence electrons. The first-order valence-corrected chi connectivity index (χ1v) is 7.95. The maximum absolute atomic E-state index is 12.1. The fourth-order valence-electron chi connectivity index (χ4n) is 1.37. The van der Waals surface area contributed by atoms with E-state index < -0.39 is 15.3 Å². The number of rotatable bonds is 5. The maximum atomic E-state index is 12.1. The highest BCUT2D eigenvalue weighted by Crippen LogP contribution is 2.19.